The molecule has 20 heavy (non-hydrogen) atoms. The molecule has 0 fully saturated rings. The van der Waals surface area contributed by atoms with Gasteiger partial charge >= 0.3 is 0 Å². The molecule has 2 rings (SSSR count). The van der Waals surface area contributed by atoms with Gasteiger partial charge in [-0.05, 0) is 24.6 Å². The molecule has 1 nitrogen and oxygen atoms in total. The molecule has 1 radical (unpaired) electrons. The minimum absolute atomic E-state index is 0.0293. The second kappa shape index (κ2) is 5.82. The molecule has 0 amide bonds. The molecule has 2 aromatic carbocycles. The highest BCUT2D eigenvalue weighted by molar-refractivity contribution is 5.69. The van der Waals surface area contributed by atoms with E-state index in [1.165, 1.54) is 12.1 Å². The van der Waals surface area contributed by atoms with Gasteiger partial charge in [-0.15, -0.1) is 0 Å². The molecule has 2 aromatic rings. The third-order valence-electron chi connectivity index (χ3n) is 2.78. The van der Waals surface area contributed by atoms with Gasteiger partial charge in [-0.2, -0.15) is 0 Å². The first-order chi connectivity index (χ1) is 9.54. The first kappa shape index (κ1) is 14.2. The molecule has 0 saturated heterocycles. The Morgan fingerprint density at radius 3 is 2.35 bits per heavy atom. The summed E-state index contributed by atoms with van der Waals surface area (Å²) in [5.41, 5.74) is -0.205. The standard InChI is InChI=1S/C16H12F3O/c1-3-7-20-11-8-13(18)16(14(19)9-11)15-10(2)5-4-6-12(15)17/h3-4,6,8-9H,1,7H2,2H3. The lowest BCUT2D eigenvalue weighted by atomic mass is 9.99. The largest absolute Gasteiger partial charge is 0.489 e. The van der Waals surface area contributed by atoms with Crippen LogP contribution in [0.25, 0.3) is 11.1 Å². The van der Waals surface area contributed by atoms with Gasteiger partial charge < -0.3 is 4.74 Å². The summed E-state index contributed by atoms with van der Waals surface area (Å²) < 4.78 is 47.0. The summed E-state index contributed by atoms with van der Waals surface area (Å²) in [6, 6.07) is 7.25. The van der Waals surface area contributed by atoms with Crippen molar-refractivity contribution < 1.29 is 17.9 Å². The molecule has 0 atom stereocenters. The molecule has 0 bridgehead atoms. The molecule has 0 unspecified atom stereocenters. The monoisotopic (exact) mass is 277 g/mol. The van der Waals surface area contributed by atoms with Crippen LogP contribution in [0.5, 0.6) is 5.75 Å². The van der Waals surface area contributed by atoms with Crippen molar-refractivity contribution in [3.8, 4) is 16.9 Å². The van der Waals surface area contributed by atoms with Gasteiger partial charge in [-0.3, -0.25) is 0 Å². The van der Waals surface area contributed by atoms with E-state index in [1.54, 1.807) is 6.92 Å². The van der Waals surface area contributed by atoms with Crippen LogP contribution < -0.4 is 4.74 Å². The Labute approximate surface area is 115 Å². The fourth-order valence-corrected chi connectivity index (χ4v) is 1.91. The maximum Gasteiger partial charge on any atom is 0.137 e. The Bertz CT molecular complexity index is 607. The fourth-order valence-electron chi connectivity index (χ4n) is 1.91. The van der Waals surface area contributed by atoms with E-state index in [-0.39, 0.29) is 17.9 Å². The van der Waals surface area contributed by atoms with E-state index >= 15 is 0 Å². The van der Waals surface area contributed by atoms with Gasteiger partial charge in [0.25, 0.3) is 0 Å². The lowest BCUT2D eigenvalue weighted by Gasteiger charge is -2.11. The number of benzene rings is 2. The van der Waals surface area contributed by atoms with Crippen molar-refractivity contribution in [2.45, 2.75) is 6.92 Å². The average molecular weight is 277 g/mol. The number of hydrogen-bond donors (Lipinski definition) is 0. The molecule has 0 N–H and O–H groups in total. The smallest absolute Gasteiger partial charge is 0.137 e. The summed E-state index contributed by atoms with van der Waals surface area (Å²) in [6.45, 7) is 5.11. The number of hydrogen-bond acceptors (Lipinski definition) is 1. The van der Waals surface area contributed by atoms with Crippen LogP contribution in [-0.4, -0.2) is 6.61 Å². The molecule has 0 aliphatic carbocycles. The van der Waals surface area contributed by atoms with Gasteiger partial charge in [-0.1, -0.05) is 18.7 Å². The van der Waals surface area contributed by atoms with Crippen molar-refractivity contribution in [2.75, 3.05) is 6.61 Å². The topological polar surface area (TPSA) is 9.23 Å². The molecule has 0 aliphatic rings. The van der Waals surface area contributed by atoms with E-state index in [9.17, 15) is 13.2 Å². The minimum atomic E-state index is -0.884. The van der Waals surface area contributed by atoms with E-state index in [0.29, 0.717) is 5.56 Å². The Morgan fingerprint density at radius 1 is 1.15 bits per heavy atom. The zero-order valence-electron chi connectivity index (χ0n) is 10.8. The molecule has 0 heterocycles. The Kier molecular flexibility index (Phi) is 4.13. The van der Waals surface area contributed by atoms with Gasteiger partial charge in [-0.25, -0.2) is 13.2 Å². The second-order valence-electron chi connectivity index (χ2n) is 4.19. The SMILES string of the molecule is C=CCOc1cc(F)c(-c2c(C)[c]ccc2F)c(F)c1. The summed E-state index contributed by atoms with van der Waals surface area (Å²) in [6.07, 6.45) is 1.46. The normalized spacial score (nSPS) is 10.4. The quantitative estimate of drug-likeness (QED) is 0.750. The van der Waals surface area contributed by atoms with Crippen LogP contribution in [0.1, 0.15) is 5.56 Å². The van der Waals surface area contributed by atoms with Crippen LogP contribution in [0.3, 0.4) is 0 Å². The summed E-state index contributed by atoms with van der Waals surface area (Å²) in [4.78, 5) is 0. The number of halogens is 3. The van der Waals surface area contributed by atoms with Crippen LogP contribution in [0.15, 0.2) is 36.9 Å². The van der Waals surface area contributed by atoms with Crippen molar-refractivity contribution >= 4 is 0 Å². The lowest BCUT2D eigenvalue weighted by Crippen LogP contribution is -1.99. The van der Waals surface area contributed by atoms with Gasteiger partial charge in [0, 0.05) is 17.7 Å². The first-order valence-corrected chi connectivity index (χ1v) is 5.94. The molecular formula is C16H12F3O. The molecule has 0 saturated carbocycles. The Balaban J connectivity index is 2.55. The van der Waals surface area contributed by atoms with E-state index in [0.717, 1.165) is 18.2 Å². The average Bonchev–Trinajstić information content (AvgIpc) is 2.39. The van der Waals surface area contributed by atoms with Gasteiger partial charge in [0.15, 0.2) is 0 Å². The van der Waals surface area contributed by atoms with Crippen LogP contribution in [0.4, 0.5) is 13.2 Å². The highest BCUT2D eigenvalue weighted by Gasteiger charge is 2.19. The highest BCUT2D eigenvalue weighted by Crippen LogP contribution is 2.33. The predicted molar refractivity (Wildman–Crippen MR) is 71.0 cm³/mol. The molecule has 0 spiro atoms. The molecule has 4 heteroatoms. The Morgan fingerprint density at radius 2 is 1.80 bits per heavy atom. The predicted octanol–water partition coefficient (Wildman–Crippen LogP) is 4.44. The maximum atomic E-state index is 14.1. The third-order valence-corrected chi connectivity index (χ3v) is 2.78. The molecular weight excluding hydrogens is 265 g/mol. The van der Waals surface area contributed by atoms with Gasteiger partial charge in [0.1, 0.15) is 29.8 Å². The highest BCUT2D eigenvalue weighted by atomic mass is 19.1. The fraction of sp³-hybridized carbons (Fsp3) is 0.125. The van der Waals surface area contributed by atoms with E-state index in [1.807, 2.05) is 0 Å². The van der Waals surface area contributed by atoms with E-state index < -0.39 is 23.0 Å². The van der Waals surface area contributed by atoms with E-state index in [2.05, 4.69) is 12.6 Å². The summed E-state index contributed by atoms with van der Waals surface area (Å²) in [5, 5.41) is 0. The lowest BCUT2D eigenvalue weighted by molar-refractivity contribution is 0.358. The summed E-state index contributed by atoms with van der Waals surface area (Å²) >= 11 is 0. The van der Waals surface area contributed by atoms with Crippen molar-refractivity contribution in [3.05, 3.63) is 66.0 Å². The van der Waals surface area contributed by atoms with Gasteiger partial charge in [0.2, 0.25) is 0 Å². The minimum Gasteiger partial charge on any atom is -0.489 e. The molecule has 0 aromatic heterocycles. The zero-order chi connectivity index (χ0) is 14.7. The van der Waals surface area contributed by atoms with Crippen LogP contribution in [0, 0.1) is 30.4 Å². The zero-order valence-corrected chi connectivity index (χ0v) is 10.8. The van der Waals surface area contributed by atoms with Crippen molar-refractivity contribution in [3.63, 3.8) is 0 Å². The van der Waals surface area contributed by atoms with Crippen molar-refractivity contribution in [1.82, 2.24) is 0 Å². The van der Waals surface area contributed by atoms with Crippen LogP contribution in [0.2, 0.25) is 0 Å². The Hall–Kier alpha value is -2.23. The summed E-state index contributed by atoms with van der Waals surface area (Å²) in [5.74, 6) is -2.43. The summed E-state index contributed by atoms with van der Waals surface area (Å²) in [7, 11) is 0. The van der Waals surface area contributed by atoms with E-state index in [4.69, 9.17) is 4.74 Å². The molecule has 0 aliphatic heterocycles. The van der Waals surface area contributed by atoms with Crippen LogP contribution >= 0.6 is 0 Å². The number of aryl methyl sites for hydroxylation is 1. The third kappa shape index (κ3) is 2.69. The van der Waals surface area contributed by atoms with Crippen molar-refractivity contribution in [2.24, 2.45) is 0 Å². The van der Waals surface area contributed by atoms with Gasteiger partial charge in [0.05, 0.1) is 5.56 Å². The number of rotatable bonds is 4. The number of ether oxygens (including phenoxy) is 1. The maximum absolute atomic E-state index is 14.1. The first-order valence-electron chi connectivity index (χ1n) is 5.94. The molecule has 103 valence electrons. The van der Waals surface area contributed by atoms with Crippen molar-refractivity contribution in [1.29, 1.82) is 0 Å². The second-order valence-corrected chi connectivity index (χ2v) is 4.19. The van der Waals surface area contributed by atoms with Crippen LogP contribution in [-0.2, 0) is 0 Å².